The molecule has 1 fully saturated rings. The van der Waals surface area contributed by atoms with Crippen LogP contribution in [0, 0.1) is 0 Å². The molecule has 2 aliphatic rings. The Labute approximate surface area is 107 Å². The average Bonchev–Trinajstić information content (AvgIpc) is 3.02. The van der Waals surface area contributed by atoms with Crippen LogP contribution in [0.4, 0.5) is 0 Å². The van der Waals surface area contributed by atoms with Crippen molar-refractivity contribution in [2.75, 3.05) is 6.54 Å². The summed E-state index contributed by atoms with van der Waals surface area (Å²) in [5.41, 5.74) is 1.39. The van der Waals surface area contributed by atoms with Crippen LogP contribution in [0.3, 0.4) is 0 Å². The highest BCUT2D eigenvalue weighted by atomic mass is 32.2. The van der Waals surface area contributed by atoms with E-state index in [4.69, 9.17) is 0 Å². The van der Waals surface area contributed by atoms with Gasteiger partial charge in [0.15, 0.2) is 5.17 Å². The molecule has 0 amide bonds. The largest absolute Gasteiger partial charge is 0.362 e. The summed E-state index contributed by atoms with van der Waals surface area (Å²) >= 11 is 1.89. The molecule has 0 radical (unpaired) electrons. The molecule has 1 heterocycles. The smallest absolute Gasteiger partial charge is 0.157 e. The number of thioether (sulfide) groups is 1. The number of benzene rings is 1. The van der Waals surface area contributed by atoms with E-state index < -0.39 is 0 Å². The summed E-state index contributed by atoms with van der Waals surface area (Å²) < 4.78 is 0. The highest BCUT2D eigenvalue weighted by Crippen LogP contribution is 2.34. The molecule has 0 saturated heterocycles. The molecule has 2 nitrogen and oxygen atoms in total. The van der Waals surface area contributed by atoms with Crippen LogP contribution in [-0.4, -0.2) is 17.8 Å². The van der Waals surface area contributed by atoms with Crippen molar-refractivity contribution in [3.63, 3.8) is 0 Å². The van der Waals surface area contributed by atoms with Gasteiger partial charge in [0, 0.05) is 6.04 Å². The number of hydrogen-bond acceptors (Lipinski definition) is 3. The Morgan fingerprint density at radius 2 is 1.88 bits per heavy atom. The Kier molecular flexibility index (Phi) is 3.36. The molecule has 3 rings (SSSR count). The number of hydrogen-bond donors (Lipinski definition) is 1. The van der Waals surface area contributed by atoms with E-state index in [0.717, 1.165) is 11.7 Å². The lowest BCUT2D eigenvalue weighted by atomic mass is 10.1. The van der Waals surface area contributed by atoms with Crippen LogP contribution in [0.5, 0.6) is 0 Å². The Balaban J connectivity index is 1.57. The molecule has 3 heteroatoms. The predicted molar refractivity (Wildman–Crippen MR) is 74.5 cm³/mol. The summed E-state index contributed by atoms with van der Waals surface area (Å²) in [6.07, 6.45) is 5.38. The van der Waals surface area contributed by atoms with E-state index in [1.807, 2.05) is 11.8 Å². The maximum Gasteiger partial charge on any atom is 0.157 e. The molecule has 1 aliphatic carbocycles. The molecular weight excluding hydrogens is 228 g/mol. The van der Waals surface area contributed by atoms with Crippen LogP contribution in [0.15, 0.2) is 35.3 Å². The lowest BCUT2D eigenvalue weighted by molar-refractivity contribution is 0.635. The van der Waals surface area contributed by atoms with Crippen molar-refractivity contribution >= 4 is 16.9 Å². The van der Waals surface area contributed by atoms with E-state index in [2.05, 4.69) is 40.6 Å². The molecule has 0 aromatic heterocycles. The number of rotatable bonds is 2. The Bertz CT molecular complexity index is 396. The van der Waals surface area contributed by atoms with E-state index in [-0.39, 0.29) is 0 Å². The maximum atomic E-state index is 4.63. The molecule has 1 saturated carbocycles. The van der Waals surface area contributed by atoms with Gasteiger partial charge in [-0.3, -0.25) is 4.99 Å². The summed E-state index contributed by atoms with van der Waals surface area (Å²) in [5, 5.41) is 5.26. The van der Waals surface area contributed by atoms with Gasteiger partial charge in [0.2, 0.25) is 0 Å². The van der Waals surface area contributed by atoms with E-state index in [9.17, 15) is 0 Å². The van der Waals surface area contributed by atoms with Crippen molar-refractivity contribution in [2.45, 2.75) is 37.0 Å². The van der Waals surface area contributed by atoms with Crippen molar-refractivity contribution in [3.8, 4) is 0 Å². The van der Waals surface area contributed by atoms with Crippen LogP contribution < -0.4 is 5.32 Å². The minimum absolute atomic E-state index is 0.514. The van der Waals surface area contributed by atoms with Gasteiger partial charge in [-0.25, -0.2) is 0 Å². The van der Waals surface area contributed by atoms with Gasteiger partial charge in [-0.15, -0.1) is 0 Å². The second kappa shape index (κ2) is 5.13. The maximum absolute atomic E-state index is 4.63. The second-order valence-corrected chi connectivity index (χ2v) is 5.98. The third-order valence-electron chi connectivity index (χ3n) is 3.51. The summed E-state index contributed by atoms with van der Waals surface area (Å²) in [7, 11) is 0. The number of aliphatic imine (C=N–C) groups is 1. The SMILES string of the molecule is c1ccc(C2CN=C(NC3CCCC3)S2)cc1. The predicted octanol–water partition coefficient (Wildman–Crippen LogP) is 3.36. The molecule has 1 unspecified atom stereocenters. The zero-order valence-electron chi connectivity index (χ0n) is 9.93. The van der Waals surface area contributed by atoms with Gasteiger partial charge >= 0.3 is 0 Å². The van der Waals surface area contributed by atoms with Crippen molar-refractivity contribution in [3.05, 3.63) is 35.9 Å². The van der Waals surface area contributed by atoms with Gasteiger partial charge in [0.25, 0.3) is 0 Å². The van der Waals surface area contributed by atoms with Gasteiger partial charge in [-0.05, 0) is 18.4 Å². The first-order chi connectivity index (χ1) is 8.42. The van der Waals surface area contributed by atoms with Crippen LogP contribution in [0.25, 0.3) is 0 Å². The van der Waals surface area contributed by atoms with Crippen molar-refractivity contribution in [2.24, 2.45) is 4.99 Å². The lowest BCUT2D eigenvalue weighted by Gasteiger charge is -2.13. The van der Waals surface area contributed by atoms with E-state index >= 15 is 0 Å². The first kappa shape index (κ1) is 11.1. The molecule has 0 bridgehead atoms. The summed E-state index contributed by atoms with van der Waals surface area (Å²) in [6.45, 7) is 0.920. The summed E-state index contributed by atoms with van der Waals surface area (Å²) in [5.74, 6) is 0. The molecule has 0 spiro atoms. The lowest BCUT2D eigenvalue weighted by Crippen LogP contribution is -2.29. The van der Waals surface area contributed by atoms with Gasteiger partial charge in [-0.2, -0.15) is 0 Å². The number of nitrogens with zero attached hydrogens (tertiary/aromatic N) is 1. The molecule has 1 aliphatic heterocycles. The van der Waals surface area contributed by atoms with Crippen LogP contribution in [0.2, 0.25) is 0 Å². The zero-order valence-corrected chi connectivity index (χ0v) is 10.7. The first-order valence-electron chi connectivity index (χ1n) is 6.44. The monoisotopic (exact) mass is 246 g/mol. The van der Waals surface area contributed by atoms with Crippen LogP contribution >= 0.6 is 11.8 Å². The highest BCUT2D eigenvalue weighted by molar-refractivity contribution is 8.14. The molecule has 90 valence electrons. The zero-order chi connectivity index (χ0) is 11.5. The normalized spacial score (nSPS) is 24.9. The molecular formula is C14H18N2S. The Morgan fingerprint density at radius 1 is 1.12 bits per heavy atom. The van der Waals surface area contributed by atoms with Crippen LogP contribution in [-0.2, 0) is 0 Å². The highest BCUT2D eigenvalue weighted by Gasteiger charge is 2.24. The summed E-state index contributed by atoms with van der Waals surface area (Å²) in [6, 6.07) is 11.4. The topological polar surface area (TPSA) is 24.4 Å². The molecule has 1 atom stereocenters. The van der Waals surface area contributed by atoms with E-state index in [1.165, 1.54) is 31.2 Å². The summed E-state index contributed by atoms with van der Waals surface area (Å²) in [4.78, 5) is 4.63. The Morgan fingerprint density at radius 3 is 2.65 bits per heavy atom. The van der Waals surface area contributed by atoms with E-state index in [0.29, 0.717) is 11.3 Å². The van der Waals surface area contributed by atoms with Gasteiger partial charge in [-0.1, -0.05) is 54.9 Å². The number of nitrogens with one attached hydrogen (secondary N) is 1. The molecule has 1 aromatic rings. The fourth-order valence-corrected chi connectivity index (χ4v) is 3.64. The fourth-order valence-electron chi connectivity index (χ4n) is 2.54. The average molecular weight is 246 g/mol. The fraction of sp³-hybridized carbons (Fsp3) is 0.500. The van der Waals surface area contributed by atoms with Crippen molar-refractivity contribution in [1.82, 2.24) is 5.32 Å². The van der Waals surface area contributed by atoms with Gasteiger partial charge in [0.1, 0.15) is 0 Å². The third-order valence-corrected chi connectivity index (χ3v) is 4.68. The minimum atomic E-state index is 0.514. The molecule has 1 aromatic carbocycles. The van der Waals surface area contributed by atoms with Crippen LogP contribution in [0.1, 0.15) is 36.5 Å². The van der Waals surface area contributed by atoms with Crippen molar-refractivity contribution in [1.29, 1.82) is 0 Å². The quantitative estimate of drug-likeness (QED) is 0.865. The minimum Gasteiger partial charge on any atom is -0.362 e. The standard InChI is InChI=1S/C14H18N2S/c1-2-6-11(7-3-1)13-10-15-14(17-13)16-12-8-4-5-9-12/h1-3,6-7,12-13H,4-5,8-10H2,(H,15,16). The van der Waals surface area contributed by atoms with Gasteiger partial charge in [0.05, 0.1) is 11.8 Å². The molecule has 1 N–H and O–H groups in total. The van der Waals surface area contributed by atoms with Gasteiger partial charge < -0.3 is 5.32 Å². The number of amidine groups is 1. The first-order valence-corrected chi connectivity index (χ1v) is 7.32. The van der Waals surface area contributed by atoms with Crippen molar-refractivity contribution < 1.29 is 0 Å². The Hall–Kier alpha value is -0.960. The van der Waals surface area contributed by atoms with E-state index in [1.54, 1.807) is 0 Å². The third kappa shape index (κ3) is 2.65. The second-order valence-electron chi connectivity index (χ2n) is 4.79. The molecule has 17 heavy (non-hydrogen) atoms.